The van der Waals surface area contributed by atoms with Crippen LogP contribution in [0.3, 0.4) is 0 Å². The molecule has 2 aliphatic heterocycles. The predicted octanol–water partition coefficient (Wildman–Crippen LogP) is 5.25. The van der Waals surface area contributed by atoms with Gasteiger partial charge in [-0.3, -0.25) is 4.79 Å². The molecule has 52 heavy (non-hydrogen) atoms. The largest absolute Gasteiger partial charge is 0.394 e. The summed E-state index contributed by atoms with van der Waals surface area (Å²) in [7, 11) is 0. The molecule has 0 aliphatic carbocycles. The molecule has 0 unspecified atom stereocenters. The molecule has 0 saturated carbocycles. The van der Waals surface area contributed by atoms with Gasteiger partial charge in [-0.2, -0.15) is 0 Å². The summed E-state index contributed by atoms with van der Waals surface area (Å²) in [5.74, 6) is -0.330. The van der Waals surface area contributed by atoms with Gasteiger partial charge in [0, 0.05) is 11.8 Å². The molecule has 4 aromatic carbocycles. The number of carbonyl (C=O) groups excluding carboxylic acids is 1. The highest BCUT2D eigenvalue weighted by molar-refractivity contribution is 7.99. The van der Waals surface area contributed by atoms with Crippen LogP contribution < -0.4 is 5.32 Å². The van der Waals surface area contributed by atoms with Gasteiger partial charge >= 0.3 is 0 Å². The van der Waals surface area contributed by atoms with Gasteiger partial charge in [0.1, 0.15) is 42.1 Å². The summed E-state index contributed by atoms with van der Waals surface area (Å²) < 4.78 is 39.5. The average Bonchev–Trinajstić information content (AvgIpc) is 3.17. The standard InChI is InChI=1S/C41H47NO9S/c1-27-36(46-24-29-15-7-3-8-16-29)38(47-25-30-17-9-4-10-18-30)39(48-26-31-19-11-5-12-20-31)40(49-27)51-37-34(42-28(2)44)41(50-33(23-43)35(37)45)52-32-21-13-6-14-22-32/h3-22,27,33-41,43,45H,23-26H2,1-2H3,(H,42,44)/t27-,33+,34+,35+,36+,37+,38+,39-,40-,41-/m0/s1. The monoisotopic (exact) mass is 729 g/mol. The van der Waals surface area contributed by atoms with Crippen LogP contribution in [0.4, 0.5) is 0 Å². The number of aliphatic hydroxyl groups is 2. The highest BCUT2D eigenvalue weighted by Crippen LogP contribution is 2.38. The van der Waals surface area contributed by atoms with E-state index >= 15 is 0 Å². The number of thioether (sulfide) groups is 1. The highest BCUT2D eigenvalue weighted by Gasteiger charge is 2.53. The lowest BCUT2D eigenvalue weighted by Gasteiger charge is -2.49. The Bertz CT molecular complexity index is 1640. The van der Waals surface area contributed by atoms with E-state index in [9.17, 15) is 15.0 Å². The minimum Gasteiger partial charge on any atom is -0.394 e. The van der Waals surface area contributed by atoms with Gasteiger partial charge in [-0.25, -0.2) is 0 Å². The molecule has 10 nitrogen and oxygen atoms in total. The minimum absolute atomic E-state index is 0.219. The van der Waals surface area contributed by atoms with Crippen LogP contribution >= 0.6 is 11.8 Å². The zero-order chi connectivity index (χ0) is 36.3. The predicted molar refractivity (Wildman–Crippen MR) is 196 cm³/mol. The molecule has 3 N–H and O–H groups in total. The van der Waals surface area contributed by atoms with Crippen molar-refractivity contribution in [2.45, 2.75) is 99.1 Å². The Morgan fingerprint density at radius 3 is 1.67 bits per heavy atom. The summed E-state index contributed by atoms with van der Waals surface area (Å²) in [6, 6.07) is 38.3. The van der Waals surface area contributed by atoms with E-state index in [-0.39, 0.29) is 19.1 Å². The number of hydrogen-bond donors (Lipinski definition) is 3. The second-order valence-corrected chi connectivity index (χ2v) is 14.1. The van der Waals surface area contributed by atoms with Gasteiger partial charge < -0.3 is 44.0 Å². The van der Waals surface area contributed by atoms with E-state index in [0.717, 1.165) is 21.6 Å². The smallest absolute Gasteiger partial charge is 0.217 e. The van der Waals surface area contributed by atoms with E-state index in [1.165, 1.54) is 18.7 Å². The summed E-state index contributed by atoms with van der Waals surface area (Å²) in [6.07, 6.45) is -7.08. The van der Waals surface area contributed by atoms with Crippen molar-refractivity contribution < 1.29 is 43.4 Å². The molecule has 2 saturated heterocycles. The van der Waals surface area contributed by atoms with Gasteiger partial charge in [-0.1, -0.05) is 121 Å². The van der Waals surface area contributed by atoms with E-state index in [0.29, 0.717) is 6.61 Å². The fourth-order valence-corrected chi connectivity index (χ4v) is 7.64. The van der Waals surface area contributed by atoms with Crippen LogP contribution in [0, 0.1) is 0 Å². The van der Waals surface area contributed by atoms with E-state index in [1.54, 1.807) is 0 Å². The fraction of sp³-hybridized carbons (Fsp3) is 0.390. The first-order valence-corrected chi connectivity index (χ1v) is 18.5. The van der Waals surface area contributed by atoms with Crippen molar-refractivity contribution in [2.24, 2.45) is 0 Å². The zero-order valence-electron chi connectivity index (χ0n) is 29.3. The fourth-order valence-electron chi connectivity index (χ4n) is 6.48. The first kappa shape index (κ1) is 38.1. The van der Waals surface area contributed by atoms with Crippen molar-refractivity contribution in [2.75, 3.05) is 6.61 Å². The van der Waals surface area contributed by atoms with Crippen molar-refractivity contribution in [3.8, 4) is 0 Å². The molecule has 0 aromatic heterocycles. The Morgan fingerprint density at radius 2 is 1.17 bits per heavy atom. The van der Waals surface area contributed by atoms with Crippen LogP contribution in [0.5, 0.6) is 0 Å². The van der Waals surface area contributed by atoms with Gasteiger partial charge in [0.15, 0.2) is 6.29 Å². The molecule has 2 aliphatic rings. The van der Waals surface area contributed by atoms with Gasteiger partial charge in [-0.05, 0) is 35.7 Å². The van der Waals surface area contributed by atoms with Crippen LogP contribution in [-0.2, 0) is 53.0 Å². The Kier molecular flexibility index (Phi) is 13.9. The first-order valence-electron chi connectivity index (χ1n) is 17.6. The summed E-state index contributed by atoms with van der Waals surface area (Å²) in [5.41, 5.74) is 2.19. The third-order valence-electron chi connectivity index (χ3n) is 9.09. The van der Waals surface area contributed by atoms with Crippen LogP contribution in [0.2, 0.25) is 0 Å². The third kappa shape index (κ3) is 10.1. The van der Waals surface area contributed by atoms with Crippen molar-refractivity contribution in [3.05, 3.63) is 138 Å². The first-order chi connectivity index (χ1) is 25.4. The molecule has 10 atom stereocenters. The molecule has 276 valence electrons. The number of amides is 1. The summed E-state index contributed by atoms with van der Waals surface area (Å²) in [4.78, 5) is 13.5. The van der Waals surface area contributed by atoms with E-state index < -0.39 is 67.1 Å². The Balaban J connectivity index is 1.33. The van der Waals surface area contributed by atoms with E-state index in [4.69, 9.17) is 28.4 Å². The van der Waals surface area contributed by atoms with Crippen molar-refractivity contribution in [1.82, 2.24) is 5.32 Å². The Hall–Kier alpha value is -3.62. The molecule has 6 rings (SSSR count). The molecule has 1 amide bonds. The lowest BCUT2D eigenvalue weighted by atomic mass is 9.96. The molecular weight excluding hydrogens is 683 g/mol. The maximum Gasteiger partial charge on any atom is 0.217 e. The molecule has 2 heterocycles. The Morgan fingerprint density at radius 1 is 0.692 bits per heavy atom. The normalized spacial score (nSPS) is 29.0. The Labute approximate surface area is 309 Å². The second kappa shape index (κ2) is 18.9. The SMILES string of the molecule is CC(=O)N[C@@H]1[C@@H](O[C@@H]2O[C@@H](C)[C@@H](OCc3ccccc3)[C@@H](OCc3ccccc3)[C@@H]2OCc2ccccc2)[C@H](O)[C@@H](CO)O[C@H]1Sc1ccccc1. The number of nitrogens with one attached hydrogen (secondary N) is 1. The second-order valence-electron chi connectivity index (χ2n) is 13.0. The van der Waals surface area contributed by atoms with Gasteiger partial charge in [0.2, 0.25) is 5.91 Å². The molecule has 2 fully saturated rings. The zero-order valence-corrected chi connectivity index (χ0v) is 30.1. The molecule has 0 bridgehead atoms. The van der Waals surface area contributed by atoms with Crippen molar-refractivity contribution in [1.29, 1.82) is 0 Å². The highest BCUT2D eigenvalue weighted by atomic mass is 32.2. The van der Waals surface area contributed by atoms with Gasteiger partial charge in [0.05, 0.1) is 38.6 Å². The maximum atomic E-state index is 12.6. The van der Waals surface area contributed by atoms with Crippen LogP contribution in [0.15, 0.2) is 126 Å². The number of ether oxygens (including phenoxy) is 6. The molecule has 0 spiro atoms. The number of aliphatic hydroxyl groups excluding tert-OH is 2. The number of carbonyl (C=O) groups is 1. The van der Waals surface area contributed by atoms with Crippen LogP contribution in [0.1, 0.15) is 30.5 Å². The quantitative estimate of drug-likeness (QED) is 0.150. The van der Waals surface area contributed by atoms with Crippen molar-refractivity contribution in [3.63, 3.8) is 0 Å². The maximum absolute atomic E-state index is 12.6. The van der Waals surface area contributed by atoms with Crippen LogP contribution in [-0.4, -0.2) is 83.2 Å². The summed E-state index contributed by atoms with van der Waals surface area (Å²) in [6.45, 7) is 3.65. The average molecular weight is 730 g/mol. The van der Waals surface area contributed by atoms with Gasteiger partial charge in [-0.15, -0.1) is 0 Å². The number of hydrogen-bond acceptors (Lipinski definition) is 10. The molecular formula is C41H47NO9S. The molecule has 4 aromatic rings. The topological polar surface area (TPSA) is 125 Å². The number of benzene rings is 4. The summed E-state index contributed by atoms with van der Waals surface area (Å²) in [5, 5.41) is 24.9. The lowest BCUT2D eigenvalue weighted by Crippen LogP contribution is -2.67. The minimum atomic E-state index is -1.32. The van der Waals surface area contributed by atoms with Gasteiger partial charge in [0.25, 0.3) is 0 Å². The van der Waals surface area contributed by atoms with E-state index in [1.807, 2.05) is 128 Å². The van der Waals surface area contributed by atoms with E-state index in [2.05, 4.69) is 5.32 Å². The van der Waals surface area contributed by atoms with Crippen molar-refractivity contribution >= 4 is 17.7 Å². The third-order valence-corrected chi connectivity index (χ3v) is 10.3. The number of rotatable bonds is 15. The van der Waals surface area contributed by atoms with Crippen LogP contribution in [0.25, 0.3) is 0 Å². The summed E-state index contributed by atoms with van der Waals surface area (Å²) >= 11 is 1.37. The molecule has 0 radical (unpaired) electrons. The molecule has 11 heteroatoms. The lowest BCUT2D eigenvalue weighted by molar-refractivity contribution is -0.342.